The smallest absolute Gasteiger partial charge is 0.257 e. The van der Waals surface area contributed by atoms with Crippen LogP contribution in [0.3, 0.4) is 0 Å². The van der Waals surface area contributed by atoms with Gasteiger partial charge in [0, 0.05) is 0 Å². The summed E-state index contributed by atoms with van der Waals surface area (Å²) in [4.78, 5) is 12.2. The minimum Gasteiger partial charge on any atom is -0.323 e. The Balaban J connectivity index is 2.28. The van der Waals surface area contributed by atoms with E-state index >= 15 is 0 Å². The number of carbonyl (C=O) groups is 1. The number of halogens is 2. The summed E-state index contributed by atoms with van der Waals surface area (Å²) in [6, 6.07) is 12.2. The highest BCUT2D eigenvalue weighted by Gasteiger charge is 2.12. The van der Waals surface area contributed by atoms with Crippen molar-refractivity contribution >= 4 is 44.8 Å². The summed E-state index contributed by atoms with van der Waals surface area (Å²) in [6.07, 6.45) is 0. The number of hydrazine groups is 1. The summed E-state index contributed by atoms with van der Waals surface area (Å²) in [5.74, 6) is 5.11. The van der Waals surface area contributed by atoms with Crippen molar-refractivity contribution in [3.63, 3.8) is 0 Å². The number of hydrogen-bond acceptors (Lipinski definition) is 3. The number of nitrogen functional groups attached to an aromatic ring is 1. The zero-order valence-electron chi connectivity index (χ0n) is 9.78. The van der Waals surface area contributed by atoms with E-state index in [-0.39, 0.29) is 5.91 Å². The first kappa shape index (κ1) is 13.9. The van der Waals surface area contributed by atoms with E-state index in [9.17, 15) is 4.79 Å². The molecule has 0 bridgehead atoms. The molecule has 0 fully saturated rings. The normalized spacial score (nSPS) is 10.1. The van der Waals surface area contributed by atoms with Gasteiger partial charge in [0.25, 0.3) is 5.91 Å². The summed E-state index contributed by atoms with van der Waals surface area (Å²) < 4.78 is 0.642. The Hall–Kier alpha value is -1.56. The Kier molecular flexibility index (Phi) is 4.42. The number of benzene rings is 2. The molecule has 0 saturated carbocycles. The largest absolute Gasteiger partial charge is 0.323 e. The number of nitrogens with one attached hydrogen (secondary N) is 2. The van der Waals surface area contributed by atoms with Gasteiger partial charge in [-0.1, -0.05) is 29.8 Å². The second-order valence-electron chi connectivity index (χ2n) is 3.75. The number of hydrogen-bond donors (Lipinski definition) is 3. The van der Waals surface area contributed by atoms with Crippen LogP contribution in [0.4, 0.5) is 11.4 Å². The Labute approximate surface area is 124 Å². The maximum absolute atomic E-state index is 12.2. The van der Waals surface area contributed by atoms with Gasteiger partial charge in [-0.2, -0.15) is 0 Å². The molecular formula is C13H11BrClN3O. The number of anilines is 2. The van der Waals surface area contributed by atoms with Crippen LogP contribution >= 0.6 is 27.5 Å². The molecule has 0 aliphatic rings. The van der Waals surface area contributed by atoms with Crippen LogP contribution < -0.4 is 16.6 Å². The number of rotatable bonds is 3. The van der Waals surface area contributed by atoms with E-state index < -0.39 is 0 Å². The average molecular weight is 341 g/mol. The van der Waals surface area contributed by atoms with Crippen LogP contribution in [0.2, 0.25) is 5.02 Å². The fourth-order valence-electron chi connectivity index (χ4n) is 1.60. The maximum Gasteiger partial charge on any atom is 0.257 e. The number of nitrogens with two attached hydrogens (primary N) is 1. The summed E-state index contributed by atoms with van der Waals surface area (Å²) in [6.45, 7) is 0. The van der Waals surface area contributed by atoms with Crippen LogP contribution in [0, 0.1) is 0 Å². The van der Waals surface area contributed by atoms with Crippen molar-refractivity contribution in [3.05, 3.63) is 57.5 Å². The molecule has 0 aromatic heterocycles. The Morgan fingerprint density at radius 2 is 1.79 bits per heavy atom. The highest BCUT2D eigenvalue weighted by molar-refractivity contribution is 9.10. The minimum absolute atomic E-state index is 0.267. The van der Waals surface area contributed by atoms with Crippen molar-refractivity contribution in [2.45, 2.75) is 0 Å². The topological polar surface area (TPSA) is 67.1 Å². The van der Waals surface area contributed by atoms with E-state index in [4.69, 9.17) is 17.4 Å². The van der Waals surface area contributed by atoms with Crippen LogP contribution in [0.5, 0.6) is 0 Å². The van der Waals surface area contributed by atoms with Crippen molar-refractivity contribution in [2.75, 3.05) is 10.7 Å². The van der Waals surface area contributed by atoms with Crippen molar-refractivity contribution in [1.29, 1.82) is 0 Å². The van der Waals surface area contributed by atoms with Gasteiger partial charge in [-0.25, -0.2) is 0 Å². The third kappa shape index (κ3) is 3.07. The van der Waals surface area contributed by atoms with E-state index in [1.54, 1.807) is 42.5 Å². The molecule has 0 saturated heterocycles. The van der Waals surface area contributed by atoms with Gasteiger partial charge < -0.3 is 10.7 Å². The maximum atomic E-state index is 12.2. The molecule has 6 heteroatoms. The SMILES string of the molecule is NNc1ccccc1C(=O)Nc1cccc(Cl)c1Br. The summed E-state index contributed by atoms with van der Waals surface area (Å²) in [5.41, 5.74) is 4.10. The zero-order valence-corrected chi connectivity index (χ0v) is 12.1. The lowest BCUT2D eigenvalue weighted by atomic mass is 10.1. The van der Waals surface area contributed by atoms with E-state index in [0.29, 0.717) is 26.4 Å². The third-order valence-electron chi connectivity index (χ3n) is 2.53. The number of para-hydroxylation sites is 1. The predicted molar refractivity (Wildman–Crippen MR) is 81.4 cm³/mol. The molecule has 2 rings (SSSR count). The molecule has 0 aliphatic heterocycles. The number of amides is 1. The Bertz CT molecular complexity index is 619. The second-order valence-corrected chi connectivity index (χ2v) is 4.95. The van der Waals surface area contributed by atoms with Gasteiger partial charge in [0.1, 0.15) is 0 Å². The van der Waals surface area contributed by atoms with Gasteiger partial charge in [-0.05, 0) is 40.2 Å². The van der Waals surface area contributed by atoms with Crippen molar-refractivity contribution in [2.24, 2.45) is 5.84 Å². The molecule has 0 atom stereocenters. The molecule has 0 radical (unpaired) electrons. The van der Waals surface area contributed by atoms with Crippen LogP contribution in [-0.2, 0) is 0 Å². The molecule has 2 aromatic carbocycles. The fraction of sp³-hybridized carbons (Fsp3) is 0. The van der Waals surface area contributed by atoms with Gasteiger partial charge in [0.15, 0.2) is 0 Å². The molecule has 4 N–H and O–H groups in total. The second kappa shape index (κ2) is 6.06. The lowest BCUT2D eigenvalue weighted by molar-refractivity contribution is 0.102. The third-order valence-corrected chi connectivity index (χ3v) is 3.92. The van der Waals surface area contributed by atoms with Crippen molar-refractivity contribution in [1.82, 2.24) is 0 Å². The monoisotopic (exact) mass is 339 g/mol. The lowest BCUT2D eigenvalue weighted by Gasteiger charge is -2.11. The van der Waals surface area contributed by atoms with Crippen LogP contribution in [0.25, 0.3) is 0 Å². The first-order valence-electron chi connectivity index (χ1n) is 5.44. The Morgan fingerprint density at radius 3 is 2.53 bits per heavy atom. The average Bonchev–Trinajstić information content (AvgIpc) is 2.43. The van der Waals surface area contributed by atoms with Crippen molar-refractivity contribution in [3.8, 4) is 0 Å². The Morgan fingerprint density at radius 1 is 1.11 bits per heavy atom. The fourth-order valence-corrected chi connectivity index (χ4v) is 2.13. The molecule has 1 amide bonds. The first-order chi connectivity index (χ1) is 9.13. The molecule has 0 unspecified atom stereocenters. The molecule has 2 aromatic rings. The summed E-state index contributed by atoms with van der Waals surface area (Å²) in [7, 11) is 0. The quantitative estimate of drug-likeness (QED) is 0.590. The molecule has 98 valence electrons. The van der Waals surface area contributed by atoms with Crippen LogP contribution in [0.15, 0.2) is 46.9 Å². The van der Waals surface area contributed by atoms with Gasteiger partial charge in [-0.15, -0.1) is 0 Å². The van der Waals surface area contributed by atoms with E-state index in [1.807, 2.05) is 0 Å². The minimum atomic E-state index is -0.267. The highest BCUT2D eigenvalue weighted by Crippen LogP contribution is 2.30. The highest BCUT2D eigenvalue weighted by atomic mass is 79.9. The molecule has 0 heterocycles. The van der Waals surface area contributed by atoms with Gasteiger partial charge in [0.2, 0.25) is 0 Å². The van der Waals surface area contributed by atoms with Crippen LogP contribution in [0.1, 0.15) is 10.4 Å². The van der Waals surface area contributed by atoms with E-state index in [2.05, 4.69) is 26.7 Å². The standard InChI is InChI=1S/C13H11BrClN3O/c14-12-9(15)5-3-7-11(12)17-13(19)8-4-1-2-6-10(8)18-16/h1-7,18H,16H2,(H,17,19). The van der Waals surface area contributed by atoms with Crippen LogP contribution in [-0.4, -0.2) is 5.91 Å². The first-order valence-corrected chi connectivity index (χ1v) is 6.61. The molecule has 19 heavy (non-hydrogen) atoms. The van der Waals surface area contributed by atoms with E-state index in [0.717, 1.165) is 0 Å². The van der Waals surface area contributed by atoms with Crippen molar-refractivity contribution < 1.29 is 4.79 Å². The summed E-state index contributed by atoms with van der Waals surface area (Å²) >= 11 is 9.30. The summed E-state index contributed by atoms with van der Waals surface area (Å²) in [5, 5.41) is 3.31. The molecule has 4 nitrogen and oxygen atoms in total. The molecular weight excluding hydrogens is 330 g/mol. The van der Waals surface area contributed by atoms with Gasteiger partial charge in [-0.3, -0.25) is 10.6 Å². The predicted octanol–water partition coefficient (Wildman–Crippen LogP) is 3.64. The zero-order chi connectivity index (χ0) is 13.8. The number of carbonyl (C=O) groups excluding carboxylic acids is 1. The molecule has 0 aliphatic carbocycles. The van der Waals surface area contributed by atoms with Gasteiger partial charge >= 0.3 is 0 Å². The van der Waals surface area contributed by atoms with Gasteiger partial charge in [0.05, 0.1) is 26.4 Å². The van der Waals surface area contributed by atoms with E-state index in [1.165, 1.54) is 0 Å². The lowest BCUT2D eigenvalue weighted by Crippen LogP contribution is -2.17. The molecule has 0 spiro atoms.